The summed E-state index contributed by atoms with van der Waals surface area (Å²) in [6.07, 6.45) is 5.94. The molecular weight excluding hydrogens is 238 g/mol. The van der Waals surface area contributed by atoms with Gasteiger partial charge in [0.05, 0.1) is 0 Å². The van der Waals surface area contributed by atoms with Gasteiger partial charge in [-0.15, -0.1) is 0 Å². The van der Waals surface area contributed by atoms with E-state index in [2.05, 4.69) is 32.0 Å². The maximum absolute atomic E-state index is 4.61. The number of hydrogen-bond donors (Lipinski definition) is 1. The van der Waals surface area contributed by atoms with E-state index in [1.807, 2.05) is 12.3 Å². The Bertz CT molecular complexity index is 422. The molecule has 2 saturated heterocycles. The van der Waals surface area contributed by atoms with Crippen LogP contribution < -0.4 is 10.2 Å². The lowest BCUT2D eigenvalue weighted by Gasteiger charge is -2.44. The first kappa shape index (κ1) is 12.7. The van der Waals surface area contributed by atoms with Gasteiger partial charge in [0.25, 0.3) is 0 Å². The molecule has 1 aromatic heterocycles. The highest BCUT2D eigenvalue weighted by Crippen LogP contribution is 2.24. The van der Waals surface area contributed by atoms with E-state index in [0.717, 1.165) is 37.4 Å². The van der Waals surface area contributed by atoms with Crippen LogP contribution in [0.15, 0.2) is 12.3 Å². The average Bonchev–Trinajstić information content (AvgIpc) is 2.47. The molecule has 0 saturated carbocycles. The van der Waals surface area contributed by atoms with Gasteiger partial charge < -0.3 is 10.2 Å². The molecule has 5 heteroatoms. The van der Waals surface area contributed by atoms with E-state index < -0.39 is 0 Å². The van der Waals surface area contributed by atoms with Crippen molar-refractivity contribution < 1.29 is 0 Å². The Kier molecular flexibility index (Phi) is 3.82. The molecule has 0 aliphatic carbocycles. The fourth-order valence-electron chi connectivity index (χ4n) is 3.13. The van der Waals surface area contributed by atoms with Gasteiger partial charge in [0.1, 0.15) is 5.82 Å². The molecule has 19 heavy (non-hydrogen) atoms. The molecule has 2 aliphatic heterocycles. The third kappa shape index (κ3) is 2.81. The number of nitrogens with zero attached hydrogens (tertiary/aromatic N) is 4. The minimum atomic E-state index is 0.722. The number of anilines is 2. The van der Waals surface area contributed by atoms with Gasteiger partial charge >= 0.3 is 0 Å². The first-order valence-electron chi connectivity index (χ1n) is 7.42. The molecule has 2 fully saturated rings. The lowest BCUT2D eigenvalue weighted by atomic mass is 9.99. The summed E-state index contributed by atoms with van der Waals surface area (Å²) in [6, 6.07) is 2.75. The molecule has 0 spiro atoms. The Balaban J connectivity index is 1.70. The predicted molar refractivity (Wildman–Crippen MR) is 77.6 cm³/mol. The topological polar surface area (TPSA) is 44.3 Å². The molecule has 5 nitrogen and oxygen atoms in total. The van der Waals surface area contributed by atoms with Gasteiger partial charge in [-0.3, -0.25) is 4.90 Å². The Morgan fingerprint density at radius 3 is 3.16 bits per heavy atom. The van der Waals surface area contributed by atoms with E-state index in [4.69, 9.17) is 0 Å². The summed E-state index contributed by atoms with van der Waals surface area (Å²) in [4.78, 5) is 13.9. The Hall–Kier alpha value is -1.36. The summed E-state index contributed by atoms with van der Waals surface area (Å²) >= 11 is 0. The minimum absolute atomic E-state index is 0.722. The highest BCUT2D eigenvalue weighted by Gasteiger charge is 2.29. The predicted octanol–water partition coefficient (Wildman–Crippen LogP) is 1.58. The molecular formula is C14H23N5. The van der Waals surface area contributed by atoms with Crippen molar-refractivity contribution in [3.05, 3.63) is 12.3 Å². The van der Waals surface area contributed by atoms with E-state index >= 15 is 0 Å². The van der Waals surface area contributed by atoms with Crippen LogP contribution in [0.1, 0.15) is 26.2 Å². The van der Waals surface area contributed by atoms with Crippen molar-refractivity contribution in [2.45, 2.75) is 32.2 Å². The maximum Gasteiger partial charge on any atom is 0.224 e. The molecule has 104 valence electrons. The SMILES string of the molecule is CCNc1nccc(N2CCN3CCCCC3C2)n1. The van der Waals surface area contributed by atoms with Gasteiger partial charge in [-0.25, -0.2) is 4.98 Å². The van der Waals surface area contributed by atoms with Crippen LogP contribution in [0.25, 0.3) is 0 Å². The van der Waals surface area contributed by atoms with Crippen molar-refractivity contribution in [3.63, 3.8) is 0 Å². The summed E-state index contributed by atoms with van der Waals surface area (Å²) in [5.41, 5.74) is 0. The molecule has 0 aromatic carbocycles. The second-order valence-electron chi connectivity index (χ2n) is 5.40. The van der Waals surface area contributed by atoms with Crippen molar-refractivity contribution in [3.8, 4) is 0 Å². The monoisotopic (exact) mass is 261 g/mol. The van der Waals surface area contributed by atoms with Gasteiger partial charge in [0.2, 0.25) is 5.95 Å². The smallest absolute Gasteiger partial charge is 0.224 e. The third-order valence-electron chi connectivity index (χ3n) is 4.14. The van der Waals surface area contributed by atoms with Gasteiger partial charge in [-0.1, -0.05) is 6.42 Å². The first-order valence-corrected chi connectivity index (χ1v) is 7.42. The largest absolute Gasteiger partial charge is 0.354 e. The van der Waals surface area contributed by atoms with Crippen LogP contribution >= 0.6 is 0 Å². The molecule has 3 heterocycles. The summed E-state index contributed by atoms with van der Waals surface area (Å²) in [6.45, 7) is 7.58. The Morgan fingerprint density at radius 2 is 2.26 bits per heavy atom. The maximum atomic E-state index is 4.61. The minimum Gasteiger partial charge on any atom is -0.354 e. The lowest BCUT2D eigenvalue weighted by Crippen LogP contribution is -2.55. The molecule has 1 unspecified atom stereocenters. The van der Waals surface area contributed by atoms with E-state index in [1.165, 1.54) is 32.4 Å². The van der Waals surface area contributed by atoms with Crippen LogP contribution in [-0.2, 0) is 0 Å². The number of nitrogens with one attached hydrogen (secondary N) is 1. The first-order chi connectivity index (χ1) is 9.36. The van der Waals surface area contributed by atoms with Gasteiger partial charge in [0, 0.05) is 38.4 Å². The molecule has 0 bridgehead atoms. The normalized spacial score (nSPS) is 24.1. The zero-order valence-electron chi connectivity index (χ0n) is 11.7. The van der Waals surface area contributed by atoms with Crippen molar-refractivity contribution >= 4 is 11.8 Å². The summed E-state index contributed by atoms with van der Waals surface area (Å²) in [5, 5.41) is 3.18. The summed E-state index contributed by atoms with van der Waals surface area (Å²) < 4.78 is 0. The zero-order chi connectivity index (χ0) is 13.1. The molecule has 3 rings (SSSR count). The van der Waals surface area contributed by atoms with Crippen LogP contribution in [0, 0.1) is 0 Å². The molecule has 1 N–H and O–H groups in total. The van der Waals surface area contributed by atoms with Gasteiger partial charge in [-0.05, 0) is 32.4 Å². The zero-order valence-corrected chi connectivity index (χ0v) is 11.7. The Labute approximate surface area is 115 Å². The van der Waals surface area contributed by atoms with Crippen LogP contribution in [0.5, 0.6) is 0 Å². The van der Waals surface area contributed by atoms with Crippen LogP contribution in [0.2, 0.25) is 0 Å². The standard InChI is InChI=1S/C14H23N5/c1-2-15-14-16-7-6-13(17-14)19-10-9-18-8-4-3-5-12(18)11-19/h6-7,12H,2-5,8-11H2,1H3,(H,15,16,17). The molecule has 2 aliphatic rings. The van der Waals surface area contributed by atoms with Crippen LogP contribution in [0.4, 0.5) is 11.8 Å². The summed E-state index contributed by atoms with van der Waals surface area (Å²) in [5.74, 6) is 1.81. The van der Waals surface area contributed by atoms with Crippen molar-refractivity contribution in [2.24, 2.45) is 0 Å². The number of rotatable bonds is 3. The van der Waals surface area contributed by atoms with Crippen LogP contribution in [-0.4, -0.2) is 53.6 Å². The lowest BCUT2D eigenvalue weighted by molar-refractivity contribution is 0.133. The second kappa shape index (κ2) is 5.74. The van der Waals surface area contributed by atoms with E-state index in [1.54, 1.807) is 0 Å². The number of piperidine rings is 1. The highest BCUT2D eigenvalue weighted by atomic mass is 15.3. The van der Waals surface area contributed by atoms with Gasteiger partial charge in [0.15, 0.2) is 0 Å². The van der Waals surface area contributed by atoms with Gasteiger partial charge in [-0.2, -0.15) is 4.98 Å². The number of piperazine rings is 1. The molecule has 1 atom stereocenters. The fourth-order valence-corrected chi connectivity index (χ4v) is 3.13. The molecule has 0 amide bonds. The fraction of sp³-hybridized carbons (Fsp3) is 0.714. The van der Waals surface area contributed by atoms with Crippen molar-refractivity contribution in [2.75, 3.05) is 42.9 Å². The van der Waals surface area contributed by atoms with E-state index in [0.29, 0.717) is 0 Å². The number of aromatic nitrogens is 2. The number of fused-ring (bicyclic) bond motifs is 1. The quantitative estimate of drug-likeness (QED) is 0.895. The molecule has 1 aromatic rings. The average molecular weight is 261 g/mol. The number of hydrogen-bond acceptors (Lipinski definition) is 5. The third-order valence-corrected chi connectivity index (χ3v) is 4.14. The van der Waals surface area contributed by atoms with Crippen LogP contribution in [0.3, 0.4) is 0 Å². The second-order valence-corrected chi connectivity index (χ2v) is 5.40. The summed E-state index contributed by atoms with van der Waals surface area (Å²) in [7, 11) is 0. The molecule has 0 radical (unpaired) electrons. The van der Waals surface area contributed by atoms with E-state index in [-0.39, 0.29) is 0 Å². The van der Waals surface area contributed by atoms with Crippen molar-refractivity contribution in [1.82, 2.24) is 14.9 Å². The highest BCUT2D eigenvalue weighted by molar-refractivity contribution is 5.43. The van der Waals surface area contributed by atoms with Crippen molar-refractivity contribution in [1.29, 1.82) is 0 Å². The van der Waals surface area contributed by atoms with E-state index in [9.17, 15) is 0 Å². The Morgan fingerprint density at radius 1 is 1.32 bits per heavy atom.